The van der Waals surface area contributed by atoms with Gasteiger partial charge in [-0.2, -0.15) is 13.2 Å². The quantitative estimate of drug-likeness (QED) is 0.453. The van der Waals surface area contributed by atoms with E-state index < -0.39 is 27.7 Å². The average molecular weight is 465 g/mol. The van der Waals surface area contributed by atoms with Crippen molar-refractivity contribution in [1.29, 1.82) is 0 Å². The summed E-state index contributed by atoms with van der Waals surface area (Å²) in [7, 11) is -2.51. The largest absolute Gasteiger partial charge is 0.497 e. The Bertz CT molecular complexity index is 1210. The van der Waals surface area contributed by atoms with E-state index in [1.807, 2.05) is 0 Å². The molecule has 32 heavy (non-hydrogen) atoms. The van der Waals surface area contributed by atoms with Gasteiger partial charge in [0.05, 0.1) is 23.3 Å². The van der Waals surface area contributed by atoms with Crippen LogP contribution in [0.2, 0.25) is 0 Å². The van der Waals surface area contributed by atoms with E-state index in [2.05, 4.69) is 15.6 Å². The SMILES string of the molecule is COc1ccc(NS(=O)(=O)c2cccc(C(=O)NNc3cccc(C(F)(F)F)c3)c2)cc1. The molecule has 0 saturated carbocycles. The molecule has 0 aliphatic carbocycles. The van der Waals surface area contributed by atoms with E-state index in [-0.39, 0.29) is 16.1 Å². The number of hydrazine groups is 1. The smallest absolute Gasteiger partial charge is 0.416 e. The number of carbonyl (C=O) groups is 1. The van der Waals surface area contributed by atoms with Crippen LogP contribution in [0.25, 0.3) is 0 Å². The summed E-state index contributed by atoms with van der Waals surface area (Å²) in [5.41, 5.74) is 4.06. The van der Waals surface area contributed by atoms with E-state index >= 15 is 0 Å². The molecule has 0 aliphatic rings. The summed E-state index contributed by atoms with van der Waals surface area (Å²) in [4.78, 5) is 12.2. The number of hydrogen-bond acceptors (Lipinski definition) is 5. The summed E-state index contributed by atoms with van der Waals surface area (Å²) >= 11 is 0. The summed E-state index contributed by atoms with van der Waals surface area (Å²) in [6, 6.07) is 15.7. The normalized spacial score (nSPS) is 11.5. The van der Waals surface area contributed by atoms with Gasteiger partial charge in [0.25, 0.3) is 15.9 Å². The topological polar surface area (TPSA) is 96.5 Å². The van der Waals surface area contributed by atoms with Crippen molar-refractivity contribution in [2.45, 2.75) is 11.1 Å². The van der Waals surface area contributed by atoms with E-state index in [1.165, 1.54) is 49.6 Å². The van der Waals surface area contributed by atoms with Crippen LogP contribution in [0.5, 0.6) is 5.75 Å². The molecule has 1 amide bonds. The maximum atomic E-state index is 12.8. The molecular weight excluding hydrogens is 447 g/mol. The molecule has 0 spiro atoms. The van der Waals surface area contributed by atoms with Crippen molar-refractivity contribution in [2.75, 3.05) is 17.3 Å². The van der Waals surface area contributed by atoms with Gasteiger partial charge in [-0.05, 0) is 60.7 Å². The molecule has 0 atom stereocenters. The minimum Gasteiger partial charge on any atom is -0.497 e. The van der Waals surface area contributed by atoms with Crippen molar-refractivity contribution in [2.24, 2.45) is 0 Å². The Kier molecular flexibility index (Phi) is 6.58. The van der Waals surface area contributed by atoms with Crippen LogP contribution in [-0.4, -0.2) is 21.4 Å². The third kappa shape index (κ3) is 5.70. The van der Waals surface area contributed by atoms with Crippen LogP contribution < -0.4 is 20.3 Å². The fourth-order valence-electron chi connectivity index (χ4n) is 2.65. The molecule has 0 unspecified atom stereocenters. The molecule has 0 radical (unpaired) electrons. The Labute approximate surface area is 182 Å². The van der Waals surface area contributed by atoms with Gasteiger partial charge in [-0.15, -0.1) is 0 Å². The highest BCUT2D eigenvalue weighted by Crippen LogP contribution is 2.30. The van der Waals surface area contributed by atoms with E-state index in [9.17, 15) is 26.4 Å². The predicted octanol–water partition coefficient (Wildman–Crippen LogP) is 4.27. The van der Waals surface area contributed by atoms with Crippen molar-refractivity contribution in [3.63, 3.8) is 0 Å². The molecule has 0 bridgehead atoms. The fourth-order valence-corrected chi connectivity index (χ4v) is 3.76. The highest BCUT2D eigenvalue weighted by Gasteiger charge is 2.30. The van der Waals surface area contributed by atoms with Crippen LogP contribution in [0.3, 0.4) is 0 Å². The fraction of sp³-hybridized carbons (Fsp3) is 0.0952. The average Bonchev–Trinajstić information content (AvgIpc) is 2.77. The highest BCUT2D eigenvalue weighted by molar-refractivity contribution is 7.92. The molecule has 3 aromatic rings. The summed E-state index contributed by atoms with van der Waals surface area (Å²) in [5.74, 6) is -0.177. The van der Waals surface area contributed by atoms with Gasteiger partial charge in [0.1, 0.15) is 5.75 Å². The zero-order chi connectivity index (χ0) is 23.4. The number of nitrogens with one attached hydrogen (secondary N) is 3. The first-order valence-corrected chi connectivity index (χ1v) is 10.6. The van der Waals surface area contributed by atoms with E-state index in [4.69, 9.17) is 4.74 Å². The van der Waals surface area contributed by atoms with Crippen molar-refractivity contribution >= 4 is 27.3 Å². The second-order valence-corrected chi connectivity index (χ2v) is 8.20. The van der Waals surface area contributed by atoms with Crippen LogP contribution >= 0.6 is 0 Å². The first-order valence-electron chi connectivity index (χ1n) is 9.09. The minimum atomic E-state index is -4.53. The summed E-state index contributed by atoms with van der Waals surface area (Å²) in [5, 5.41) is 0. The number of methoxy groups -OCH3 is 1. The molecule has 0 saturated heterocycles. The molecule has 0 aromatic heterocycles. The summed E-state index contributed by atoms with van der Waals surface area (Å²) in [6.45, 7) is 0. The second-order valence-electron chi connectivity index (χ2n) is 6.52. The van der Waals surface area contributed by atoms with Gasteiger partial charge >= 0.3 is 6.18 Å². The van der Waals surface area contributed by atoms with Crippen LogP contribution in [0.1, 0.15) is 15.9 Å². The van der Waals surface area contributed by atoms with Gasteiger partial charge in [0.15, 0.2) is 0 Å². The standard InChI is InChI=1S/C21H18F3N3O4S/c1-31-18-10-8-16(9-11-18)27-32(29,30)19-7-2-4-14(12-19)20(28)26-25-17-6-3-5-15(13-17)21(22,23)24/h2-13,25,27H,1H3,(H,26,28). The molecule has 0 aliphatic heterocycles. The lowest BCUT2D eigenvalue weighted by molar-refractivity contribution is -0.137. The third-order valence-corrected chi connectivity index (χ3v) is 5.64. The molecule has 11 heteroatoms. The van der Waals surface area contributed by atoms with Gasteiger partial charge in [-0.1, -0.05) is 12.1 Å². The molecule has 3 aromatic carbocycles. The van der Waals surface area contributed by atoms with Crippen LogP contribution in [0, 0.1) is 0 Å². The maximum Gasteiger partial charge on any atom is 0.416 e. The Morgan fingerprint density at radius 2 is 1.59 bits per heavy atom. The molecule has 3 rings (SSSR count). The minimum absolute atomic E-state index is 0.0120. The van der Waals surface area contributed by atoms with Gasteiger partial charge < -0.3 is 4.74 Å². The Morgan fingerprint density at radius 3 is 2.25 bits per heavy atom. The number of hydrogen-bond donors (Lipinski definition) is 3. The Hall–Kier alpha value is -3.73. The number of halogens is 3. The number of benzene rings is 3. The third-order valence-electron chi connectivity index (χ3n) is 4.26. The summed E-state index contributed by atoms with van der Waals surface area (Å²) < 4.78 is 71.1. The van der Waals surface area contributed by atoms with Gasteiger partial charge in [-0.3, -0.25) is 20.4 Å². The number of amides is 1. The highest BCUT2D eigenvalue weighted by atomic mass is 32.2. The first kappa shape index (κ1) is 22.9. The van der Waals surface area contributed by atoms with Crippen LogP contribution in [0.4, 0.5) is 24.5 Å². The lowest BCUT2D eigenvalue weighted by Crippen LogP contribution is -2.29. The number of ether oxygens (including phenoxy) is 1. The van der Waals surface area contributed by atoms with E-state index in [0.29, 0.717) is 11.4 Å². The van der Waals surface area contributed by atoms with E-state index in [0.717, 1.165) is 18.2 Å². The number of anilines is 2. The van der Waals surface area contributed by atoms with Crippen molar-refractivity contribution in [1.82, 2.24) is 5.43 Å². The number of alkyl halides is 3. The van der Waals surface area contributed by atoms with E-state index in [1.54, 1.807) is 12.1 Å². The monoisotopic (exact) mass is 465 g/mol. The summed E-state index contributed by atoms with van der Waals surface area (Å²) in [6.07, 6.45) is -4.53. The first-order chi connectivity index (χ1) is 15.1. The van der Waals surface area contributed by atoms with Gasteiger partial charge in [0, 0.05) is 11.3 Å². The van der Waals surface area contributed by atoms with Crippen LogP contribution in [0.15, 0.2) is 77.7 Å². The number of rotatable bonds is 7. The lowest BCUT2D eigenvalue weighted by Gasteiger charge is -2.12. The lowest BCUT2D eigenvalue weighted by atomic mass is 10.2. The molecule has 7 nitrogen and oxygen atoms in total. The Morgan fingerprint density at radius 1 is 0.906 bits per heavy atom. The molecule has 0 heterocycles. The van der Waals surface area contributed by atoms with Crippen molar-refractivity contribution in [3.8, 4) is 5.75 Å². The number of carbonyl (C=O) groups excluding carboxylic acids is 1. The molecule has 0 fully saturated rings. The molecular formula is C21H18F3N3O4S. The number of sulfonamides is 1. The van der Waals surface area contributed by atoms with Crippen LogP contribution in [-0.2, 0) is 16.2 Å². The second kappa shape index (κ2) is 9.18. The van der Waals surface area contributed by atoms with Gasteiger partial charge in [-0.25, -0.2) is 8.42 Å². The zero-order valence-electron chi connectivity index (χ0n) is 16.6. The van der Waals surface area contributed by atoms with Crippen molar-refractivity contribution < 1.29 is 31.1 Å². The van der Waals surface area contributed by atoms with Gasteiger partial charge in [0.2, 0.25) is 0 Å². The zero-order valence-corrected chi connectivity index (χ0v) is 17.4. The molecule has 168 valence electrons. The molecule has 3 N–H and O–H groups in total. The maximum absolute atomic E-state index is 12.8. The predicted molar refractivity (Wildman–Crippen MR) is 113 cm³/mol. The van der Waals surface area contributed by atoms with Crippen molar-refractivity contribution in [3.05, 3.63) is 83.9 Å². The Balaban J connectivity index is 1.71.